The number of carbonyl (C=O) groups excluding carboxylic acids is 2. The van der Waals surface area contributed by atoms with Gasteiger partial charge in [-0.2, -0.15) is 0 Å². The molecular weight excluding hydrogens is 268 g/mol. The zero-order valence-corrected chi connectivity index (χ0v) is 12.6. The van der Waals surface area contributed by atoms with E-state index < -0.39 is 6.04 Å². The van der Waals surface area contributed by atoms with Crippen LogP contribution in [-0.2, 0) is 9.59 Å². The SMILES string of the molecule is COc1cccc(NC(=O)C(C)N2CCCCCC2=O)c1. The summed E-state index contributed by atoms with van der Waals surface area (Å²) in [4.78, 5) is 26.0. The van der Waals surface area contributed by atoms with Crippen LogP contribution in [0.15, 0.2) is 24.3 Å². The van der Waals surface area contributed by atoms with Gasteiger partial charge in [0, 0.05) is 24.7 Å². The summed E-state index contributed by atoms with van der Waals surface area (Å²) in [5.41, 5.74) is 0.675. The summed E-state index contributed by atoms with van der Waals surface area (Å²) in [6.07, 6.45) is 3.46. The normalized spacial score (nSPS) is 17.0. The molecular formula is C16H22N2O3. The number of carbonyl (C=O) groups is 2. The van der Waals surface area contributed by atoms with Crippen molar-refractivity contribution in [2.45, 2.75) is 38.6 Å². The van der Waals surface area contributed by atoms with Crippen molar-refractivity contribution < 1.29 is 14.3 Å². The molecule has 0 bridgehead atoms. The number of likely N-dealkylation sites (tertiary alicyclic amines) is 1. The van der Waals surface area contributed by atoms with Crippen molar-refractivity contribution >= 4 is 17.5 Å². The van der Waals surface area contributed by atoms with Crippen LogP contribution in [0.2, 0.25) is 0 Å². The van der Waals surface area contributed by atoms with Crippen LogP contribution >= 0.6 is 0 Å². The molecule has 0 radical (unpaired) electrons. The summed E-state index contributed by atoms with van der Waals surface area (Å²) >= 11 is 0. The Hall–Kier alpha value is -2.04. The number of nitrogens with one attached hydrogen (secondary N) is 1. The van der Waals surface area contributed by atoms with Gasteiger partial charge in [-0.25, -0.2) is 0 Å². The number of hydrogen-bond donors (Lipinski definition) is 1. The average Bonchev–Trinajstić information content (AvgIpc) is 2.71. The third-order valence-corrected chi connectivity index (χ3v) is 3.79. The first-order valence-electron chi connectivity index (χ1n) is 7.36. The van der Waals surface area contributed by atoms with Crippen LogP contribution in [0.5, 0.6) is 5.75 Å². The van der Waals surface area contributed by atoms with Crippen LogP contribution in [0, 0.1) is 0 Å². The predicted molar refractivity (Wildman–Crippen MR) is 81.3 cm³/mol. The maximum Gasteiger partial charge on any atom is 0.246 e. The molecule has 1 N–H and O–H groups in total. The highest BCUT2D eigenvalue weighted by Crippen LogP contribution is 2.18. The van der Waals surface area contributed by atoms with E-state index in [1.165, 1.54) is 0 Å². The number of ether oxygens (including phenoxy) is 1. The lowest BCUT2D eigenvalue weighted by Crippen LogP contribution is -2.45. The molecule has 1 atom stereocenters. The number of benzene rings is 1. The second-order valence-corrected chi connectivity index (χ2v) is 5.29. The third kappa shape index (κ3) is 3.97. The number of hydrogen-bond acceptors (Lipinski definition) is 3. The largest absolute Gasteiger partial charge is 0.497 e. The van der Waals surface area contributed by atoms with Gasteiger partial charge in [-0.3, -0.25) is 9.59 Å². The highest BCUT2D eigenvalue weighted by molar-refractivity contribution is 5.97. The lowest BCUT2D eigenvalue weighted by molar-refractivity contribution is -0.137. The van der Waals surface area contributed by atoms with Gasteiger partial charge in [0.15, 0.2) is 0 Å². The number of anilines is 1. The molecule has 0 saturated carbocycles. The Balaban J connectivity index is 2.02. The quantitative estimate of drug-likeness (QED) is 0.926. The van der Waals surface area contributed by atoms with E-state index in [1.807, 2.05) is 12.1 Å². The van der Waals surface area contributed by atoms with Gasteiger partial charge in [-0.1, -0.05) is 12.5 Å². The molecule has 2 amide bonds. The van der Waals surface area contributed by atoms with E-state index in [-0.39, 0.29) is 11.8 Å². The Morgan fingerprint density at radius 2 is 2.14 bits per heavy atom. The van der Waals surface area contributed by atoms with Crippen LogP contribution in [0.4, 0.5) is 5.69 Å². The molecule has 0 aromatic heterocycles. The van der Waals surface area contributed by atoms with Crippen LogP contribution in [0.25, 0.3) is 0 Å². The molecule has 114 valence electrons. The molecule has 1 aromatic rings. The van der Waals surface area contributed by atoms with Crippen LogP contribution in [0.3, 0.4) is 0 Å². The fourth-order valence-electron chi connectivity index (χ4n) is 2.50. The highest BCUT2D eigenvalue weighted by Gasteiger charge is 2.26. The topological polar surface area (TPSA) is 58.6 Å². The lowest BCUT2D eigenvalue weighted by Gasteiger charge is -2.27. The molecule has 1 aliphatic heterocycles. The Morgan fingerprint density at radius 3 is 2.90 bits per heavy atom. The van der Waals surface area contributed by atoms with Crippen molar-refractivity contribution in [1.82, 2.24) is 4.90 Å². The van der Waals surface area contributed by atoms with Gasteiger partial charge in [-0.05, 0) is 31.9 Å². The van der Waals surface area contributed by atoms with Gasteiger partial charge < -0.3 is 15.0 Å². The predicted octanol–water partition coefficient (Wildman–Crippen LogP) is 2.42. The van der Waals surface area contributed by atoms with E-state index in [9.17, 15) is 9.59 Å². The zero-order chi connectivity index (χ0) is 15.2. The summed E-state index contributed by atoms with van der Waals surface area (Å²) in [6.45, 7) is 2.43. The molecule has 5 heteroatoms. The maximum absolute atomic E-state index is 12.3. The van der Waals surface area contributed by atoms with E-state index in [1.54, 1.807) is 31.1 Å². The average molecular weight is 290 g/mol. The third-order valence-electron chi connectivity index (χ3n) is 3.79. The fourth-order valence-corrected chi connectivity index (χ4v) is 2.50. The van der Waals surface area contributed by atoms with E-state index in [0.717, 1.165) is 19.3 Å². The first-order chi connectivity index (χ1) is 10.1. The van der Waals surface area contributed by atoms with Crippen molar-refractivity contribution in [2.75, 3.05) is 19.0 Å². The number of amides is 2. The Morgan fingerprint density at radius 1 is 1.33 bits per heavy atom. The van der Waals surface area contributed by atoms with E-state index in [4.69, 9.17) is 4.74 Å². The molecule has 0 spiro atoms. The number of nitrogens with zero attached hydrogens (tertiary/aromatic N) is 1. The van der Waals surface area contributed by atoms with Crippen molar-refractivity contribution in [3.05, 3.63) is 24.3 Å². The summed E-state index contributed by atoms with van der Waals surface area (Å²) in [5, 5.41) is 2.84. The van der Waals surface area contributed by atoms with Gasteiger partial charge in [-0.15, -0.1) is 0 Å². The molecule has 2 rings (SSSR count). The molecule has 1 saturated heterocycles. The first-order valence-corrected chi connectivity index (χ1v) is 7.36. The second kappa shape index (κ2) is 7.11. The minimum atomic E-state index is -0.457. The summed E-state index contributed by atoms with van der Waals surface area (Å²) < 4.78 is 5.13. The summed E-state index contributed by atoms with van der Waals surface area (Å²) in [5.74, 6) is 0.589. The number of methoxy groups -OCH3 is 1. The standard InChI is InChI=1S/C16H22N2O3/c1-12(18-10-5-3-4-9-15(18)19)16(20)17-13-7-6-8-14(11-13)21-2/h6-8,11-12H,3-5,9-10H2,1-2H3,(H,17,20). The van der Waals surface area contributed by atoms with Crippen molar-refractivity contribution in [3.8, 4) is 5.75 Å². The Bertz CT molecular complexity index is 516. The van der Waals surface area contributed by atoms with Crippen LogP contribution in [-0.4, -0.2) is 36.4 Å². The van der Waals surface area contributed by atoms with E-state index in [2.05, 4.69) is 5.32 Å². The molecule has 1 heterocycles. The Labute approximate surface area is 125 Å². The minimum Gasteiger partial charge on any atom is -0.497 e. The second-order valence-electron chi connectivity index (χ2n) is 5.29. The molecule has 21 heavy (non-hydrogen) atoms. The maximum atomic E-state index is 12.3. The smallest absolute Gasteiger partial charge is 0.246 e. The fraction of sp³-hybridized carbons (Fsp3) is 0.500. The highest BCUT2D eigenvalue weighted by atomic mass is 16.5. The minimum absolute atomic E-state index is 0.0702. The van der Waals surface area contributed by atoms with Crippen molar-refractivity contribution in [2.24, 2.45) is 0 Å². The molecule has 5 nitrogen and oxygen atoms in total. The Kier molecular flexibility index (Phi) is 5.20. The van der Waals surface area contributed by atoms with Crippen LogP contribution in [0.1, 0.15) is 32.6 Å². The molecule has 1 fully saturated rings. The van der Waals surface area contributed by atoms with Crippen LogP contribution < -0.4 is 10.1 Å². The molecule has 1 aliphatic rings. The summed E-state index contributed by atoms with van der Waals surface area (Å²) in [6, 6.07) is 6.74. The monoisotopic (exact) mass is 290 g/mol. The first kappa shape index (κ1) is 15.4. The summed E-state index contributed by atoms with van der Waals surface area (Å²) in [7, 11) is 1.58. The van der Waals surface area contributed by atoms with Crippen molar-refractivity contribution in [3.63, 3.8) is 0 Å². The van der Waals surface area contributed by atoms with Gasteiger partial charge in [0.05, 0.1) is 7.11 Å². The number of rotatable bonds is 4. The van der Waals surface area contributed by atoms with E-state index >= 15 is 0 Å². The van der Waals surface area contributed by atoms with Gasteiger partial charge in [0.2, 0.25) is 11.8 Å². The van der Waals surface area contributed by atoms with Gasteiger partial charge in [0.1, 0.15) is 11.8 Å². The lowest BCUT2D eigenvalue weighted by atomic mass is 10.2. The molecule has 1 unspecified atom stereocenters. The zero-order valence-electron chi connectivity index (χ0n) is 12.6. The van der Waals surface area contributed by atoms with E-state index in [0.29, 0.717) is 24.4 Å². The van der Waals surface area contributed by atoms with Gasteiger partial charge >= 0.3 is 0 Å². The van der Waals surface area contributed by atoms with Gasteiger partial charge in [0.25, 0.3) is 0 Å². The van der Waals surface area contributed by atoms with Crippen molar-refractivity contribution in [1.29, 1.82) is 0 Å². The molecule has 0 aliphatic carbocycles. The molecule has 1 aromatic carbocycles.